The van der Waals surface area contributed by atoms with Crippen molar-refractivity contribution in [1.82, 2.24) is 20.0 Å². The van der Waals surface area contributed by atoms with Crippen molar-refractivity contribution in [3.05, 3.63) is 23.7 Å². The van der Waals surface area contributed by atoms with Gasteiger partial charge in [-0.15, -0.1) is 0 Å². The number of nitrogen functional groups attached to an aromatic ring is 1. The second kappa shape index (κ2) is 4.91. The first-order valence-corrected chi connectivity index (χ1v) is 5.75. The maximum absolute atomic E-state index is 12.0. The maximum Gasteiger partial charge on any atom is 0.277 e. The number of rotatable bonds is 4. The molecule has 2 rings (SSSR count). The third kappa shape index (κ3) is 2.34. The summed E-state index contributed by atoms with van der Waals surface area (Å²) < 4.78 is 1.43. The Labute approximate surface area is 104 Å². The molecule has 18 heavy (non-hydrogen) atoms. The van der Waals surface area contributed by atoms with Crippen LogP contribution in [-0.4, -0.2) is 25.9 Å². The van der Waals surface area contributed by atoms with Gasteiger partial charge in [0.25, 0.3) is 5.91 Å². The lowest BCUT2D eigenvalue weighted by Crippen LogP contribution is -2.17. The van der Waals surface area contributed by atoms with Crippen molar-refractivity contribution in [1.29, 1.82) is 0 Å². The molecule has 4 N–H and O–H groups in total. The van der Waals surface area contributed by atoms with E-state index >= 15 is 0 Å². The molecule has 0 radical (unpaired) electrons. The lowest BCUT2D eigenvalue weighted by Gasteiger charge is -2.02. The average Bonchev–Trinajstić information content (AvgIpc) is 2.87. The van der Waals surface area contributed by atoms with Crippen molar-refractivity contribution >= 4 is 17.4 Å². The van der Waals surface area contributed by atoms with E-state index in [1.807, 2.05) is 6.07 Å². The second-order valence-electron chi connectivity index (χ2n) is 4.05. The van der Waals surface area contributed by atoms with Crippen molar-refractivity contribution in [3.8, 4) is 0 Å². The molecule has 0 spiro atoms. The summed E-state index contributed by atoms with van der Waals surface area (Å²) in [4.78, 5) is 12.0. The average molecular weight is 248 g/mol. The van der Waals surface area contributed by atoms with Crippen LogP contribution in [0.4, 0.5) is 11.5 Å². The number of H-pyrrole nitrogens is 1. The summed E-state index contributed by atoms with van der Waals surface area (Å²) in [7, 11) is 1.67. The first kappa shape index (κ1) is 12.2. The molecule has 7 heteroatoms. The third-order valence-corrected chi connectivity index (χ3v) is 2.57. The second-order valence-corrected chi connectivity index (χ2v) is 4.05. The fraction of sp³-hybridized carbons (Fsp3) is 0.364. The summed E-state index contributed by atoms with van der Waals surface area (Å²) in [5.41, 5.74) is 7.34. The van der Waals surface area contributed by atoms with Gasteiger partial charge in [0.1, 0.15) is 5.69 Å². The zero-order valence-corrected chi connectivity index (χ0v) is 10.4. The fourth-order valence-electron chi connectivity index (χ4n) is 1.73. The van der Waals surface area contributed by atoms with Gasteiger partial charge in [-0.25, -0.2) is 0 Å². The van der Waals surface area contributed by atoms with E-state index < -0.39 is 0 Å². The van der Waals surface area contributed by atoms with Crippen LogP contribution < -0.4 is 11.1 Å². The van der Waals surface area contributed by atoms with Gasteiger partial charge < -0.3 is 11.1 Å². The number of nitrogens with two attached hydrogens (primary N) is 1. The Morgan fingerprint density at radius 3 is 3.00 bits per heavy atom. The lowest BCUT2D eigenvalue weighted by molar-refractivity contribution is 0.101. The van der Waals surface area contributed by atoms with Crippen molar-refractivity contribution in [2.45, 2.75) is 19.8 Å². The lowest BCUT2D eigenvalue weighted by atomic mass is 10.2. The van der Waals surface area contributed by atoms with E-state index in [1.165, 1.54) is 10.9 Å². The van der Waals surface area contributed by atoms with Crippen LogP contribution in [0, 0.1) is 0 Å². The number of anilines is 2. The summed E-state index contributed by atoms with van der Waals surface area (Å²) in [6, 6.07) is 1.81. The van der Waals surface area contributed by atoms with Crippen LogP contribution >= 0.6 is 0 Å². The van der Waals surface area contributed by atoms with Crippen LogP contribution in [0.25, 0.3) is 0 Å². The van der Waals surface area contributed by atoms with E-state index in [0.717, 1.165) is 18.5 Å². The highest BCUT2D eigenvalue weighted by Crippen LogP contribution is 2.13. The normalized spacial score (nSPS) is 10.6. The minimum Gasteiger partial charge on any atom is -0.396 e. The quantitative estimate of drug-likeness (QED) is 0.749. The van der Waals surface area contributed by atoms with Crippen LogP contribution in [-0.2, 0) is 13.5 Å². The van der Waals surface area contributed by atoms with Crippen LogP contribution in [0.1, 0.15) is 29.5 Å². The molecule has 0 bridgehead atoms. The number of carbonyl (C=O) groups excluding carboxylic acids is 1. The summed E-state index contributed by atoms with van der Waals surface area (Å²) in [5, 5.41) is 13.5. The molecule has 7 nitrogen and oxygen atoms in total. The molecule has 1 amide bonds. The Morgan fingerprint density at radius 2 is 2.39 bits per heavy atom. The number of nitrogens with one attached hydrogen (secondary N) is 2. The Hall–Kier alpha value is -2.31. The molecule has 2 aromatic rings. The zero-order chi connectivity index (χ0) is 13.1. The predicted molar refractivity (Wildman–Crippen MR) is 68.2 cm³/mol. The highest BCUT2D eigenvalue weighted by molar-refractivity contribution is 6.05. The SMILES string of the molecule is CCCc1cc(NC(=O)c2c(N)cnn2C)n[nH]1. The van der Waals surface area contributed by atoms with Crippen molar-refractivity contribution in [2.24, 2.45) is 7.05 Å². The molecule has 0 aliphatic carbocycles. The predicted octanol–water partition coefficient (Wildman–Crippen LogP) is 0.930. The fourth-order valence-corrected chi connectivity index (χ4v) is 1.73. The highest BCUT2D eigenvalue weighted by Gasteiger charge is 2.16. The summed E-state index contributed by atoms with van der Waals surface area (Å²) >= 11 is 0. The number of amides is 1. The van der Waals surface area contributed by atoms with E-state index in [-0.39, 0.29) is 5.91 Å². The molecule has 0 aliphatic heterocycles. The minimum absolute atomic E-state index is 0.318. The van der Waals surface area contributed by atoms with Gasteiger partial charge in [0.05, 0.1) is 11.9 Å². The van der Waals surface area contributed by atoms with E-state index in [9.17, 15) is 4.79 Å². The van der Waals surface area contributed by atoms with Gasteiger partial charge in [-0.3, -0.25) is 14.6 Å². The Morgan fingerprint density at radius 1 is 1.61 bits per heavy atom. The van der Waals surface area contributed by atoms with Gasteiger partial charge in [0, 0.05) is 18.8 Å². The topological polar surface area (TPSA) is 102 Å². The molecular formula is C11H16N6O. The third-order valence-electron chi connectivity index (χ3n) is 2.57. The molecule has 0 saturated heterocycles. The molecule has 2 heterocycles. The summed E-state index contributed by atoms with van der Waals surface area (Å²) in [6.45, 7) is 2.08. The number of nitrogens with zero attached hydrogens (tertiary/aromatic N) is 3. The molecule has 2 aromatic heterocycles. The molecular weight excluding hydrogens is 232 g/mol. The molecule has 0 unspecified atom stereocenters. The van der Waals surface area contributed by atoms with E-state index in [1.54, 1.807) is 7.05 Å². The molecule has 96 valence electrons. The number of carbonyl (C=O) groups is 1. The van der Waals surface area contributed by atoms with Crippen molar-refractivity contribution < 1.29 is 4.79 Å². The molecule has 0 atom stereocenters. The van der Waals surface area contributed by atoms with Gasteiger partial charge in [-0.05, 0) is 6.42 Å². The number of aromatic amines is 1. The van der Waals surface area contributed by atoms with Gasteiger partial charge in [-0.2, -0.15) is 10.2 Å². The number of hydrogen-bond acceptors (Lipinski definition) is 4. The molecule has 0 aliphatic rings. The number of aryl methyl sites for hydroxylation is 2. The van der Waals surface area contributed by atoms with Crippen LogP contribution in [0.2, 0.25) is 0 Å². The number of aromatic nitrogens is 4. The van der Waals surface area contributed by atoms with Gasteiger partial charge in [0.15, 0.2) is 5.82 Å². The Kier molecular flexibility index (Phi) is 3.31. The van der Waals surface area contributed by atoms with Gasteiger partial charge in [0.2, 0.25) is 0 Å². The first-order valence-electron chi connectivity index (χ1n) is 5.75. The van der Waals surface area contributed by atoms with Gasteiger partial charge >= 0.3 is 0 Å². The molecule has 0 fully saturated rings. The largest absolute Gasteiger partial charge is 0.396 e. The van der Waals surface area contributed by atoms with Gasteiger partial charge in [-0.1, -0.05) is 13.3 Å². The van der Waals surface area contributed by atoms with Crippen LogP contribution in [0.5, 0.6) is 0 Å². The van der Waals surface area contributed by atoms with Crippen molar-refractivity contribution in [3.63, 3.8) is 0 Å². The van der Waals surface area contributed by atoms with Crippen LogP contribution in [0.3, 0.4) is 0 Å². The highest BCUT2D eigenvalue weighted by atomic mass is 16.2. The first-order chi connectivity index (χ1) is 8.61. The summed E-state index contributed by atoms with van der Waals surface area (Å²) in [5.74, 6) is 0.172. The Balaban J connectivity index is 2.11. The summed E-state index contributed by atoms with van der Waals surface area (Å²) in [6.07, 6.45) is 3.36. The number of hydrogen-bond donors (Lipinski definition) is 3. The monoisotopic (exact) mass is 248 g/mol. The standard InChI is InChI=1S/C11H16N6O/c1-3-4-7-5-9(16-15-7)14-11(18)10-8(12)6-13-17(10)2/h5-6H,3-4,12H2,1-2H3,(H2,14,15,16,18). The maximum atomic E-state index is 12.0. The van der Waals surface area contributed by atoms with E-state index in [4.69, 9.17) is 5.73 Å². The van der Waals surface area contributed by atoms with E-state index in [2.05, 4.69) is 27.5 Å². The molecule has 0 saturated carbocycles. The Bertz CT molecular complexity index is 536. The van der Waals surface area contributed by atoms with Crippen LogP contribution in [0.15, 0.2) is 12.3 Å². The van der Waals surface area contributed by atoms with E-state index in [0.29, 0.717) is 17.2 Å². The zero-order valence-electron chi connectivity index (χ0n) is 10.4. The smallest absolute Gasteiger partial charge is 0.277 e. The molecule has 0 aromatic carbocycles. The minimum atomic E-state index is -0.318. The van der Waals surface area contributed by atoms with Crippen molar-refractivity contribution in [2.75, 3.05) is 11.1 Å².